The van der Waals surface area contributed by atoms with Crippen LogP contribution in [0.4, 0.5) is 0 Å². The summed E-state index contributed by atoms with van der Waals surface area (Å²) >= 11 is -0.417. The van der Waals surface area contributed by atoms with Gasteiger partial charge < -0.3 is 19.8 Å². The Kier molecular flexibility index (Phi) is 21.2. The number of quaternary nitrogens is 1. The van der Waals surface area contributed by atoms with Gasteiger partial charge in [-0.2, -0.15) is 0 Å². The Morgan fingerprint density at radius 2 is 2.12 bits per heavy atom. The van der Waals surface area contributed by atoms with Crippen molar-refractivity contribution in [3.05, 3.63) is 12.8 Å². The predicted molar refractivity (Wildman–Crippen MR) is 19.0 cm³/mol. The summed E-state index contributed by atoms with van der Waals surface area (Å²) in [5, 5.41) is 0. The van der Waals surface area contributed by atoms with Gasteiger partial charge in [0.25, 0.3) is 0 Å². The summed E-state index contributed by atoms with van der Waals surface area (Å²) in [6.45, 7) is 3.76. The van der Waals surface area contributed by atoms with Crippen molar-refractivity contribution in [3.63, 3.8) is 0 Å². The normalized spacial score (nSPS) is 6.38. The molecule has 0 bridgehead atoms. The zero-order valence-corrected chi connectivity index (χ0v) is 5.06. The van der Waals surface area contributed by atoms with Gasteiger partial charge >= 0.3 is 0 Å². The first-order valence-electron chi connectivity index (χ1n) is 1.74. The van der Waals surface area contributed by atoms with Crippen molar-refractivity contribution in [3.8, 4) is 0 Å². The molecule has 0 aliphatic heterocycles. The van der Waals surface area contributed by atoms with Gasteiger partial charge in [-0.15, -0.1) is 0 Å². The Hall–Kier alpha value is -0.290. The molecule has 8 heavy (non-hydrogen) atoms. The quantitative estimate of drug-likeness (QED) is 0.328. The molecule has 0 saturated heterocycles. The van der Waals surface area contributed by atoms with E-state index in [4.69, 9.17) is 9.32 Å². The third-order valence-electron chi connectivity index (χ3n) is 0.236. The molecule has 0 aromatic rings. The lowest BCUT2D eigenvalue weighted by Crippen LogP contribution is -2.50. The molecule has 0 atom stereocenters. The van der Waals surface area contributed by atoms with Crippen LogP contribution >= 0.6 is 0 Å². The summed E-state index contributed by atoms with van der Waals surface area (Å²) in [6.07, 6.45) is 1.37. The van der Waals surface area contributed by atoms with E-state index in [1.165, 1.54) is 6.26 Å². The maximum Gasteiger partial charge on any atom is 0.218 e. The summed E-state index contributed by atoms with van der Waals surface area (Å²) in [6, 6.07) is 0. The SMILES string of the molecule is C=COC[NH3+].[O-][Cl+][O-]. The number of hydrogen-bond donors (Lipinski definition) is 1. The molecule has 3 N–H and O–H groups in total. The van der Waals surface area contributed by atoms with Crippen molar-refractivity contribution in [2.24, 2.45) is 0 Å². The van der Waals surface area contributed by atoms with Crippen LogP contribution in [0, 0.1) is 11.3 Å². The molecule has 0 rings (SSSR count). The molecule has 0 aromatic carbocycles. The minimum absolute atomic E-state index is 0.417. The van der Waals surface area contributed by atoms with Crippen molar-refractivity contribution < 1.29 is 31.1 Å². The van der Waals surface area contributed by atoms with Crippen molar-refractivity contribution in [2.45, 2.75) is 0 Å². The highest BCUT2D eigenvalue weighted by atomic mass is 35.6. The van der Waals surface area contributed by atoms with E-state index in [-0.39, 0.29) is 0 Å². The maximum absolute atomic E-state index is 8.24. The van der Waals surface area contributed by atoms with Crippen LogP contribution in [-0.4, -0.2) is 6.73 Å². The van der Waals surface area contributed by atoms with Crippen molar-refractivity contribution in [1.82, 2.24) is 0 Å². The Balaban J connectivity index is 0. The fourth-order valence-electron chi connectivity index (χ4n) is 0.0833. The molecule has 0 spiro atoms. The van der Waals surface area contributed by atoms with Crippen LogP contribution in [0.5, 0.6) is 0 Å². The Labute approximate surface area is 51.6 Å². The topological polar surface area (TPSA) is 83.0 Å². The highest BCUT2D eigenvalue weighted by Crippen LogP contribution is 1.56. The summed E-state index contributed by atoms with van der Waals surface area (Å²) in [5.41, 5.74) is 3.38. The first-order chi connectivity index (χ1) is 3.83. The molecular formula is C3H8ClNO3. The Bertz CT molecular complexity index is 43.5. The molecule has 0 unspecified atom stereocenters. The summed E-state index contributed by atoms with van der Waals surface area (Å²) in [5.74, 6) is 0. The maximum atomic E-state index is 8.24. The highest BCUT2D eigenvalue weighted by molar-refractivity contribution is 4.43. The first-order valence-corrected chi connectivity index (χ1v) is 2.36. The lowest BCUT2D eigenvalue weighted by Gasteiger charge is -1.81. The molecule has 0 radical (unpaired) electrons. The summed E-state index contributed by atoms with van der Waals surface area (Å²) < 4.78 is 21.0. The van der Waals surface area contributed by atoms with E-state index in [0.29, 0.717) is 6.73 Å². The van der Waals surface area contributed by atoms with Crippen LogP contribution < -0.4 is 15.1 Å². The molecule has 0 amide bonds. The average Bonchev–Trinajstić information content (AvgIpc) is 1.71. The van der Waals surface area contributed by atoms with Gasteiger partial charge in [0.2, 0.25) is 6.73 Å². The van der Waals surface area contributed by atoms with Gasteiger partial charge in [-0.3, -0.25) is 0 Å². The van der Waals surface area contributed by atoms with E-state index in [0.717, 1.165) is 0 Å². The minimum Gasteiger partial charge on any atom is -0.544 e. The molecule has 4 nitrogen and oxygen atoms in total. The third-order valence-corrected chi connectivity index (χ3v) is 0.236. The van der Waals surface area contributed by atoms with Gasteiger partial charge in [-0.05, 0) is 0 Å². The second-order valence-electron chi connectivity index (χ2n) is 0.600. The number of rotatable bonds is 2. The largest absolute Gasteiger partial charge is 0.544 e. The molecule has 0 fully saturated rings. The van der Waals surface area contributed by atoms with Crippen molar-refractivity contribution in [2.75, 3.05) is 6.73 Å². The molecule has 0 saturated carbocycles. The highest BCUT2D eigenvalue weighted by Gasteiger charge is 1.58. The van der Waals surface area contributed by atoms with Crippen LogP contribution in [0.25, 0.3) is 0 Å². The van der Waals surface area contributed by atoms with E-state index >= 15 is 0 Å². The average molecular weight is 142 g/mol. The molecule has 0 heterocycles. The van der Waals surface area contributed by atoms with Crippen LogP contribution in [-0.2, 0) is 4.74 Å². The standard InChI is InChI=1S/C3H7NO.ClO2/c1-2-5-3-4;2-1-3/h2H,1,3-4H2;/q;-1/p+1. The number of halogens is 1. The van der Waals surface area contributed by atoms with Gasteiger partial charge in [0.05, 0.1) is 17.6 Å². The smallest absolute Gasteiger partial charge is 0.218 e. The monoisotopic (exact) mass is 141 g/mol. The Morgan fingerprint density at radius 1 is 1.75 bits per heavy atom. The van der Waals surface area contributed by atoms with E-state index < -0.39 is 11.3 Å². The Morgan fingerprint density at radius 3 is 2.12 bits per heavy atom. The fourth-order valence-corrected chi connectivity index (χ4v) is 0.0833. The lowest BCUT2D eigenvalue weighted by atomic mass is 11.1. The molecular weight excluding hydrogens is 133 g/mol. The van der Waals surface area contributed by atoms with Crippen molar-refractivity contribution in [1.29, 1.82) is 0 Å². The molecule has 0 aromatic heterocycles. The second kappa shape index (κ2) is 15.9. The van der Waals surface area contributed by atoms with E-state index in [9.17, 15) is 0 Å². The second-order valence-corrected chi connectivity index (χ2v) is 0.726. The zero-order chi connectivity index (χ0) is 6.83. The summed E-state index contributed by atoms with van der Waals surface area (Å²) in [4.78, 5) is 0. The fraction of sp³-hybridized carbons (Fsp3) is 0.333. The van der Waals surface area contributed by atoms with Gasteiger partial charge in [-0.1, -0.05) is 6.58 Å². The van der Waals surface area contributed by atoms with Crippen molar-refractivity contribution >= 4 is 0 Å². The first kappa shape index (κ1) is 10.6. The van der Waals surface area contributed by atoms with E-state index in [1.54, 1.807) is 0 Å². The predicted octanol–water partition coefficient (Wildman–Crippen LogP) is -3.03. The number of ether oxygens (including phenoxy) is 1. The van der Waals surface area contributed by atoms with E-state index in [1.807, 2.05) is 0 Å². The molecule has 0 aliphatic carbocycles. The molecule has 0 aliphatic rings. The van der Waals surface area contributed by atoms with Crippen LogP contribution in [0.3, 0.4) is 0 Å². The molecule has 50 valence electrons. The van der Waals surface area contributed by atoms with Crippen LogP contribution in [0.15, 0.2) is 12.8 Å². The van der Waals surface area contributed by atoms with Gasteiger partial charge in [0.1, 0.15) is 0 Å². The zero-order valence-electron chi connectivity index (χ0n) is 4.30. The number of hydrogen-bond acceptors (Lipinski definition) is 3. The molecule has 5 heteroatoms. The van der Waals surface area contributed by atoms with E-state index in [2.05, 4.69) is 17.0 Å². The van der Waals surface area contributed by atoms with Crippen LogP contribution in [0.1, 0.15) is 0 Å². The van der Waals surface area contributed by atoms with Gasteiger partial charge in [0, 0.05) is 0 Å². The third kappa shape index (κ3) is 43.3. The lowest BCUT2D eigenvalue weighted by molar-refractivity contribution is -1.41. The summed E-state index contributed by atoms with van der Waals surface area (Å²) in [7, 11) is 0. The van der Waals surface area contributed by atoms with Gasteiger partial charge in [-0.25, -0.2) is 0 Å². The van der Waals surface area contributed by atoms with Crippen LogP contribution in [0.2, 0.25) is 0 Å². The van der Waals surface area contributed by atoms with Gasteiger partial charge in [0.15, 0.2) is 0 Å². The minimum atomic E-state index is -0.417.